The van der Waals surface area contributed by atoms with Crippen LogP contribution in [0.5, 0.6) is 0 Å². The Kier molecular flexibility index (Phi) is 3.48. The molecule has 0 unspecified atom stereocenters. The molecule has 0 radical (unpaired) electrons. The highest BCUT2D eigenvalue weighted by Gasteiger charge is 2.08. The van der Waals surface area contributed by atoms with Gasteiger partial charge in [-0.25, -0.2) is 4.98 Å². The molecule has 0 saturated heterocycles. The Balaban J connectivity index is 1.80. The second kappa shape index (κ2) is 5.27. The minimum Gasteiger partial charge on any atom is -0.431 e. The third-order valence-corrected chi connectivity index (χ3v) is 4.35. The zero-order valence-corrected chi connectivity index (χ0v) is 12.4. The van der Waals surface area contributed by atoms with Crippen molar-refractivity contribution in [1.29, 1.82) is 0 Å². The van der Waals surface area contributed by atoms with Gasteiger partial charge in [-0.05, 0) is 23.8 Å². The van der Waals surface area contributed by atoms with Gasteiger partial charge < -0.3 is 10.2 Å². The molecule has 0 spiro atoms. The van der Waals surface area contributed by atoms with Crippen molar-refractivity contribution in [2.24, 2.45) is 0 Å². The number of halogens is 1. The predicted molar refractivity (Wildman–Crippen MR) is 82.1 cm³/mol. The van der Waals surface area contributed by atoms with Gasteiger partial charge in [-0.15, -0.1) is 0 Å². The first kappa shape index (κ1) is 12.6. The zero-order valence-electron chi connectivity index (χ0n) is 9.97. The number of nitrogens with zero attached hydrogens (tertiary/aromatic N) is 1. The summed E-state index contributed by atoms with van der Waals surface area (Å²) in [6.07, 6.45) is 0. The van der Waals surface area contributed by atoms with Gasteiger partial charge in [0.15, 0.2) is 5.58 Å². The lowest BCUT2D eigenvalue weighted by Gasteiger charge is -2.00. The largest absolute Gasteiger partial charge is 0.431 e. The molecule has 0 bridgehead atoms. The number of benzene rings is 2. The molecule has 96 valence electrons. The van der Waals surface area contributed by atoms with Crippen molar-refractivity contribution in [2.75, 3.05) is 5.73 Å². The molecule has 19 heavy (non-hydrogen) atoms. The summed E-state index contributed by atoms with van der Waals surface area (Å²) in [7, 11) is 0. The van der Waals surface area contributed by atoms with Gasteiger partial charge in [-0.3, -0.25) is 0 Å². The summed E-state index contributed by atoms with van der Waals surface area (Å²) < 4.78 is 6.77. The number of anilines is 1. The lowest BCUT2D eigenvalue weighted by Crippen LogP contribution is -1.82. The summed E-state index contributed by atoms with van der Waals surface area (Å²) in [5.74, 6) is 0.809. The van der Waals surface area contributed by atoms with Crippen LogP contribution in [-0.4, -0.2) is 4.98 Å². The fraction of sp³-hybridized carbons (Fsp3) is 0.0714. The van der Waals surface area contributed by atoms with E-state index >= 15 is 0 Å². The average molecular weight is 335 g/mol. The first-order valence-corrected chi connectivity index (χ1v) is 7.52. The van der Waals surface area contributed by atoms with Crippen molar-refractivity contribution < 1.29 is 4.42 Å². The maximum absolute atomic E-state index is 5.72. The van der Waals surface area contributed by atoms with Crippen LogP contribution in [0.4, 0.5) is 5.69 Å². The summed E-state index contributed by atoms with van der Waals surface area (Å²) in [6.45, 7) is 0. The minimum absolute atomic E-state index is 0.663. The minimum atomic E-state index is 0.663. The quantitative estimate of drug-likeness (QED) is 0.567. The van der Waals surface area contributed by atoms with Crippen LogP contribution in [0, 0.1) is 0 Å². The average Bonchev–Trinajstić information content (AvgIpc) is 2.79. The van der Waals surface area contributed by atoms with Crippen LogP contribution < -0.4 is 5.73 Å². The van der Waals surface area contributed by atoms with Crippen molar-refractivity contribution in [3.05, 3.63) is 52.5 Å². The summed E-state index contributed by atoms with van der Waals surface area (Å²) >= 11 is 5.10. The van der Waals surface area contributed by atoms with E-state index in [1.807, 2.05) is 30.3 Å². The monoisotopic (exact) mass is 334 g/mol. The number of thioether (sulfide) groups is 1. The van der Waals surface area contributed by atoms with E-state index in [2.05, 4.69) is 27.0 Å². The summed E-state index contributed by atoms with van der Waals surface area (Å²) in [4.78, 5) is 4.42. The Morgan fingerprint density at radius 3 is 2.89 bits per heavy atom. The van der Waals surface area contributed by atoms with Crippen LogP contribution in [0.3, 0.4) is 0 Å². The van der Waals surface area contributed by atoms with Crippen molar-refractivity contribution in [2.45, 2.75) is 11.0 Å². The van der Waals surface area contributed by atoms with E-state index in [1.54, 1.807) is 17.8 Å². The smallest absolute Gasteiger partial charge is 0.257 e. The second-order valence-corrected chi connectivity index (χ2v) is 5.87. The first-order valence-electron chi connectivity index (χ1n) is 5.74. The van der Waals surface area contributed by atoms with E-state index in [1.165, 1.54) is 5.56 Å². The van der Waals surface area contributed by atoms with Gasteiger partial charge in [0.05, 0.1) is 0 Å². The molecule has 3 nitrogen and oxygen atoms in total. The van der Waals surface area contributed by atoms with Gasteiger partial charge in [-0.1, -0.05) is 45.9 Å². The Labute approximate surface area is 123 Å². The Hall–Kier alpha value is -1.46. The third kappa shape index (κ3) is 2.77. The first-order chi connectivity index (χ1) is 9.22. The van der Waals surface area contributed by atoms with Gasteiger partial charge in [-0.2, -0.15) is 0 Å². The molecule has 3 rings (SSSR count). The highest BCUT2D eigenvalue weighted by atomic mass is 79.9. The van der Waals surface area contributed by atoms with E-state index in [9.17, 15) is 0 Å². The molecule has 0 fully saturated rings. The molecule has 0 amide bonds. The fourth-order valence-electron chi connectivity index (χ4n) is 1.74. The molecule has 0 saturated carbocycles. The number of aromatic nitrogens is 1. The Morgan fingerprint density at radius 1 is 1.21 bits per heavy atom. The van der Waals surface area contributed by atoms with E-state index in [0.717, 1.165) is 21.3 Å². The van der Waals surface area contributed by atoms with Crippen LogP contribution in [0.25, 0.3) is 11.1 Å². The van der Waals surface area contributed by atoms with Crippen LogP contribution in [0.1, 0.15) is 5.56 Å². The standard InChI is InChI=1S/C14H11BrN2OS/c15-11-4-2-1-3-9(11)8-19-14-17-12-6-5-10(16)7-13(12)18-14/h1-7H,8,16H2. The van der Waals surface area contributed by atoms with Gasteiger partial charge >= 0.3 is 0 Å². The van der Waals surface area contributed by atoms with Crippen molar-refractivity contribution in [3.63, 3.8) is 0 Å². The lowest BCUT2D eigenvalue weighted by atomic mass is 10.2. The molecule has 1 aromatic heterocycles. The number of hydrogen-bond donors (Lipinski definition) is 1. The van der Waals surface area contributed by atoms with Gasteiger partial charge in [0.25, 0.3) is 5.22 Å². The van der Waals surface area contributed by atoms with Gasteiger partial charge in [0.2, 0.25) is 0 Å². The molecule has 3 aromatic rings. The number of fused-ring (bicyclic) bond motifs is 1. The molecule has 2 aromatic carbocycles. The Morgan fingerprint density at radius 2 is 2.05 bits per heavy atom. The van der Waals surface area contributed by atoms with E-state index < -0.39 is 0 Å². The molecule has 5 heteroatoms. The van der Waals surface area contributed by atoms with Crippen LogP contribution >= 0.6 is 27.7 Å². The van der Waals surface area contributed by atoms with Crippen LogP contribution in [0.15, 0.2) is 56.6 Å². The maximum atomic E-state index is 5.72. The molecule has 2 N–H and O–H groups in total. The highest BCUT2D eigenvalue weighted by Crippen LogP contribution is 2.29. The highest BCUT2D eigenvalue weighted by molar-refractivity contribution is 9.10. The zero-order chi connectivity index (χ0) is 13.2. The number of hydrogen-bond acceptors (Lipinski definition) is 4. The van der Waals surface area contributed by atoms with Crippen LogP contribution in [0.2, 0.25) is 0 Å². The number of oxazole rings is 1. The summed E-state index contributed by atoms with van der Waals surface area (Å²) in [6, 6.07) is 13.6. The maximum Gasteiger partial charge on any atom is 0.257 e. The van der Waals surface area contributed by atoms with E-state index in [0.29, 0.717) is 10.9 Å². The normalized spacial score (nSPS) is 11.0. The molecular formula is C14H11BrN2OS. The van der Waals surface area contributed by atoms with Gasteiger partial charge in [0, 0.05) is 22.0 Å². The predicted octanol–water partition coefficient (Wildman–Crippen LogP) is 4.46. The topological polar surface area (TPSA) is 52.0 Å². The summed E-state index contributed by atoms with van der Waals surface area (Å²) in [5.41, 5.74) is 9.19. The Bertz CT molecular complexity index is 726. The number of nitrogens with two attached hydrogens (primary N) is 1. The molecular weight excluding hydrogens is 324 g/mol. The SMILES string of the molecule is Nc1ccc2nc(SCc3ccccc3Br)oc2c1. The number of rotatable bonds is 3. The van der Waals surface area contributed by atoms with Crippen LogP contribution in [-0.2, 0) is 5.75 Å². The fourth-order valence-corrected chi connectivity index (χ4v) is 3.19. The molecule has 0 aliphatic heterocycles. The van der Waals surface area contributed by atoms with E-state index in [4.69, 9.17) is 10.2 Å². The molecule has 1 heterocycles. The molecule has 0 aliphatic rings. The third-order valence-electron chi connectivity index (χ3n) is 2.70. The molecule has 0 atom stereocenters. The summed E-state index contributed by atoms with van der Waals surface area (Å²) in [5, 5.41) is 0.663. The molecule has 0 aliphatic carbocycles. The second-order valence-electron chi connectivity index (χ2n) is 4.09. The van der Waals surface area contributed by atoms with E-state index in [-0.39, 0.29) is 0 Å². The van der Waals surface area contributed by atoms with Crippen molar-refractivity contribution >= 4 is 44.5 Å². The lowest BCUT2D eigenvalue weighted by molar-refractivity contribution is 0.489. The van der Waals surface area contributed by atoms with Crippen molar-refractivity contribution in [3.8, 4) is 0 Å². The van der Waals surface area contributed by atoms with Crippen molar-refractivity contribution in [1.82, 2.24) is 4.98 Å². The number of nitrogen functional groups attached to an aromatic ring is 1. The van der Waals surface area contributed by atoms with Gasteiger partial charge in [0.1, 0.15) is 5.52 Å².